The van der Waals surface area contributed by atoms with Crippen molar-refractivity contribution in [3.05, 3.63) is 67.7 Å². The predicted molar refractivity (Wildman–Crippen MR) is 133 cm³/mol. The summed E-state index contributed by atoms with van der Waals surface area (Å²) in [5.74, 6) is 0.645. The Morgan fingerprint density at radius 2 is 1.77 bits per heavy atom. The van der Waals surface area contributed by atoms with E-state index in [0.29, 0.717) is 16.7 Å². The zero-order valence-corrected chi connectivity index (χ0v) is 20.5. The van der Waals surface area contributed by atoms with Gasteiger partial charge in [0.05, 0.1) is 17.1 Å². The highest BCUT2D eigenvalue weighted by Gasteiger charge is 2.23. The Hall–Kier alpha value is -2.47. The molecule has 1 aliphatic heterocycles. The van der Waals surface area contributed by atoms with Gasteiger partial charge in [-0.05, 0) is 73.7 Å². The highest BCUT2D eigenvalue weighted by Crippen LogP contribution is 2.27. The van der Waals surface area contributed by atoms with E-state index in [4.69, 9.17) is 4.98 Å². The first-order valence-corrected chi connectivity index (χ1v) is 11.6. The molecule has 0 atom stereocenters. The van der Waals surface area contributed by atoms with Crippen molar-refractivity contribution in [2.45, 2.75) is 52.9 Å². The molecule has 0 radical (unpaired) electrons. The van der Waals surface area contributed by atoms with E-state index in [9.17, 15) is 4.79 Å². The smallest absolute Gasteiger partial charge is 0.282 e. The second kappa shape index (κ2) is 8.23. The van der Waals surface area contributed by atoms with Crippen LogP contribution in [0.5, 0.6) is 0 Å². The number of benzene rings is 2. The monoisotopic (exact) mass is 480 g/mol. The Morgan fingerprint density at radius 3 is 2.45 bits per heavy atom. The van der Waals surface area contributed by atoms with Crippen LogP contribution >= 0.6 is 15.9 Å². The predicted octanol–water partition coefficient (Wildman–Crippen LogP) is 5.56. The van der Waals surface area contributed by atoms with E-state index in [2.05, 4.69) is 51.9 Å². The van der Waals surface area contributed by atoms with Crippen LogP contribution in [0.2, 0.25) is 0 Å². The summed E-state index contributed by atoms with van der Waals surface area (Å²) in [4.78, 5) is 20.6. The van der Waals surface area contributed by atoms with Crippen LogP contribution in [0.3, 0.4) is 0 Å². The van der Waals surface area contributed by atoms with Crippen molar-refractivity contribution in [1.29, 1.82) is 0 Å². The summed E-state index contributed by atoms with van der Waals surface area (Å²) < 4.78 is 2.31. The number of aromatic nitrogens is 2. The number of fused-ring (bicyclic) bond motifs is 1. The standard InChI is InChI=1S/C25H29BrN4O/c1-16-13-22(29-10-6-7-11-29)17(2)12-18(16)15-27-30-23(31)20-14-19(26)8-9-21(20)28-24(30)25(3,4)5/h8-9,12-15H,6-7,10-11H2,1-5H3. The second-order valence-electron chi connectivity index (χ2n) is 9.40. The molecule has 0 N–H and O–H groups in total. The summed E-state index contributed by atoms with van der Waals surface area (Å²) in [7, 11) is 0. The van der Waals surface area contributed by atoms with Gasteiger partial charge in [0.15, 0.2) is 0 Å². The molecule has 5 nitrogen and oxygen atoms in total. The zero-order valence-electron chi connectivity index (χ0n) is 18.9. The van der Waals surface area contributed by atoms with Gasteiger partial charge in [-0.3, -0.25) is 4.79 Å². The number of halogens is 1. The number of hydrogen-bond donors (Lipinski definition) is 0. The Kier molecular flexibility index (Phi) is 5.77. The minimum Gasteiger partial charge on any atom is -0.371 e. The van der Waals surface area contributed by atoms with Crippen molar-refractivity contribution in [1.82, 2.24) is 9.66 Å². The molecule has 0 spiro atoms. The van der Waals surface area contributed by atoms with E-state index < -0.39 is 0 Å². The molecular weight excluding hydrogens is 452 g/mol. The third-order valence-corrected chi connectivity index (χ3v) is 6.32. The molecule has 1 saturated heterocycles. The maximum atomic E-state index is 13.3. The van der Waals surface area contributed by atoms with Gasteiger partial charge in [0.1, 0.15) is 5.82 Å². The number of rotatable bonds is 3. The zero-order chi connectivity index (χ0) is 22.3. The van der Waals surface area contributed by atoms with E-state index in [0.717, 1.165) is 28.7 Å². The Balaban J connectivity index is 1.81. The SMILES string of the molecule is Cc1cc(N2CCCC2)c(C)cc1C=Nn1c(C(C)(C)C)nc2ccc(Br)cc2c1=O. The average Bonchev–Trinajstić information content (AvgIpc) is 3.23. The first-order valence-electron chi connectivity index (χ1n) is 10.8. The molecule has 2 heterocycles. The van der Waals surface area contributed by atoms with Gasteiger partial charge in [0.2, 0.25) is 0 Å². The summed E-state index contributed by atoms with van der Waals surface area (Å²) in [6.45, 7) is 12.6. The second-order valence-corrected chi connectivity index (χ2v) is 10.3. The highest BCUT2D eigenvalue weighted by atomic mass is 79.9. The fourth-order valence-corrected chi connectivity index (χ4v) is 4.48. The first kappa shape index (κ1) is 21.8. The average molecular weight is 481 g/mol. The van der Waals surface area contributed by atoms with E-state index in [-0.39, 0.29) is 11.0 Å². The quantitative estimate of drug-likeness (QED) is 0.461. The van der Waals surface area contributed by atoms with Crippen molar-refractivity contribution in [3.8, 4) is 0 Å². The largest absolute Gasteiger partial charge is 0.371 e. The first-order chi connectivity index (χ1) is 14.6. The molecule has 1 aromatic heterocycles. The normalized spacial score (nSPS) is 14.8. The lowest BCUT2D eigenvalue weighted by molar-refractivity contribution is 0.506. The molecule has 0 unspecified atom stereocenters. The van der Waals surface area contributed by atoms with Crippen LogP contribution in [-0.2, 0) is 5.41 Å². The van der Waals surface area contributed by atoms with E-state index in [1.807, 2.05) is 39.0 Å². The molecule has 0 aliphatic carbocycles. The third-order valence-electron chi connectivity index (χ3n) is 5.82. The van der Waals surface area contributed by atoms with Crippen molar-refractivity contribution < 1.29 is 0 Å². The Labute approximate surface area is 191 Å². The topological polar surface area (TPSA) is 50.5 Å². The lowest BCUT2D eigenvalue weighted by Gasteiger charge is -2.22. The number of hydrogen-bond acceptors (Lipinski definition) is 4. The molecule has 0 amide bonds. The Morgan fingerprint density at radius 1 is 1.06 bits per heavy atom. The Bertz CT molecular complexity index is 1230. The fraction of sp³-hybridized carbons (Fsp3) is 0.400. The van der Waals surface area contributed by atoms with Crippen LogP contribution in [0.25, 0.3) is 10.9 Å². The minimum atomic E-state index is -0.331. The molecule has 2 aromatic carbocycles. The highest BCUT2D eigenvalue weighted by molar-refractivity contribution is 9.10. The maximum absolute atomic E-state index is 13.3. The van der Waals surface area contributed by atoms with Gasteiger partial charge < -0.3 is 4.90 Å². The lowest BCUT2D eigenvalue weighted by Crippen LogP contribution is -2.29. The van der Waals surface area contributed by atoms with Crippen LogP contribution in [0.4, 0.5) is 5.69 Å². The summed E-state index contributed by atoms with van der Waals surface area (Å²) >= 11 is 3.46. The van der Waals surface area contributed by atoms with E-state index in [1.165, 1.54) is 28.8 Å². The molecule has 6 heteroatoms. The molecule has 1 aliphatic rings. The van der Waals surface area contributed by atoms with Crippen molar-refractivity contribution in [3.63, 3.8) is 0 Å². The van der Waals surface area contributed by atoms with Crippen molar-refractivity contribution in [2.24, 2.45) is 5.10 Å². The summed E-state index contributed by atoms with van der Waals surface area (Å²) in [5, 5.41) is 5.19. The van der Waals surface area contributed by atoms with Crippen molar-refractivity contribution >= 4 is 38.7 Å². The third kappa shape index (κ3) is 4.31. The van der Waals surface area contributed by atoms with Crippen LogP contribution < -0.4 is 10.5 Å². The van der Waals surface area contributed by atoms with E-state index in [1.54, 1.807) is 6.21 Å². The van der Waals surface area contributed by atoms with Crippen LogP contribution in [0.1, 0.15) is 56.1 Å². The molecule has 3 aromatic rings. The fourth-order valence-electron chi connectivity index (χ4n) is 4.12. The van der Waals surface area contributed by atoms with Gasteiger partial charge in [-0.25, -0.2) is 4.98 Å². The number of aryl methyl sites for hydroxylation is 2. The molecule has 1 fully saturated rings. The maximum Gasteiger partial charge on any atom is 0.282 e. The summed E-state index contributed by atoms with van der Waals surface area (Å²) in [6, 6.07) is 9.99. The lowest BCUT2D eigenvalue weighted by atomic mass is 9.95. The van der Waals surface area contributed by atoms with Crippen LogP contribution in [0.15, 0.2) is 44.7 Å². The number of anilines is 1. The molecular formula is C25H29BrN4O. The van der Waals surface area contributed by atoms with Crippen molar-refractivity contribution in [2.75, 3.05) is 18.0 Å². The van der Waals surface area contributed by atoms with Gasteiger partial charge in [-0.2, -0.15) is 9.78 Å². The van der Waals surface area contributed by atoms with E-state index >= 15 is 0 Å². The van der Waals surface area contributed by atoms with Gasteiger partial charge in [-0.1, -0.05) is 36.7 Å². The molecule has 4 rings (SSSR count). The molecule has 31 heavy (non-hydrogen) atoms. The van der Waals surface area contributed by atoms with Gasteiger partial charge >= 0.3 is 0 Å². The van der Waals surface area contributed by atoms with Gasteiger partial charge in [0, 0.05) is 28.7 Å². The summed E-state index contributed by atoms with van der Waals surface area (Å²) in [6.07, 6.45) is 4.30. The van der Waals surface area contributed by atoms with Gasteiger partial charge in [0.25, 0.3) is 5.56 Å². The molecule has 162 valence electrons. The molecule has 0 saturated carbocycles. The number of nitrogens with zero attached hydrogens (tertiary/aromatic N) is 4. The van der Waals surface area contributed by atoms with Crippen LogP contribution in [0, 0.1) is 13.8 Å². The minimum absolute atomic E-state index is 0.157. The van der Waals surface area contributed by atoms with Crippen LogP contribution in [-0.4, -0.2) is 29.0 Å². The van der Waals surface area contributed by atoms with Gasteiger partial charge in [-0.15, -0.1) is 0 Å². The molecule has 0 bridgehead atoms. The summed E-state index contributed by atoms with van der Waals surface area (Å²) in [5.41, 5.74) is 4.90.